The minimum atomic E-state index is -3.40. The SMILES string of the molecule is CC(C)NCCCCS(=O)(=O)Nc1cccc(Cl)c1Cl. The number of rotatable bonds is 8. The molecular formula is C13H20Cl2N2O2S. The van der Waals surface area contributed by atoms with E-state index in [-0.39, 0.29) is 10.8 Å². The van der Waals surface area contributed by atoms with E-state index >= 15 is 0 Å². The lowest BCUT2D eigenvalue weighted by Crippen LogP contribution is -2.24. The van der Waals surface area contributed by atoms with Gasteiger partial charge in [-0.2, -0.15) is 0 Å². The van der Waals surface area contributed by atoms with E-state index in [9.17, 15) is 8.42 Å². The molecule has 0 fully saturated rings. The zero-order valence-electron chi connectivity index (χ0n) is 11.6. The first-order valence-corrected chi connectivity index (χ1v) is 8.90. The number of unbranched alkanes of at least 4 members (excludes halogenated alkanes) is 1. The van der Waals surface area contributed by atoms with Crippen molar-refractivity contribution in [3.63, 3.8) is 0 Å². The molecule has 0 saturated heterocycles. The van der Waals surface area contributed by atoms with Gasteiger partial charge in [0.2, 0.25) is 10.0 Å². The molecule has 0 atom stereocenters. The minimum absolute atomic E-state index is 0.0651. The van der Waals surface area contributed by atoms with Crippen LogP contribution in [0.15, 0.2) is 18.2 Å². The number of anilines is 1. The first-order valence-electron chi connectivity index (χ1n) is 6.50. The third-order valence-corrected chi connectivity index (χ3v) is 4.79. The fourth-order valence-electron chi connectivity index (χ4n) is 1.61. The Bertz CT molecular complexity index is 533. The highest BCUT2D eigenvalue weighted by Gasteiger charge is 2.13. The predicted molar refractivity (Wildman–Crippen MR) is 86.2 cm³/mol. The van der Waals surface area contributed by atoms with Crippen molar-refractivity contribution in [2.24, 2.45) is 0 Å². The van der Waals surface area contributed by atoms with Crippen LogP contribution in [0.3, 0.4) is 0 Å². The van der Waals surface area contributed by atoms with E-state index in [2.05, 4.69) is 23.9 Å². The molecule has 1 aromatic carbocycles. The lowest BCUT2D eigenvalue weighted by Gasteiger charge is -2.11. The summed E-state index contributed by atoms with van der Waals surface area (Å²) in [4.78, 5) is 0. The van der Waals surface area contributed by atoms with Gasteiger partial charge in [0.1, 0.15) is 0 Å². The number of benzene rings is 1. The molecule has 1 aromatic rings. The molecule has 0 aliphatic heterocycles. The summed E-state index contributed by atoms with van der Waals surface area (Å²) in [5.41, 5.74) is 0.319. The maximum atomic E-state index is 11.9. The Balaban J connectivity index is 2.47. The van der Waals surface area contributed by atoms with Crippen molar-refractivity contribution < 1.29 is 8.42 Å². The number of halogens is 2. The molecule has 4 nitrogen and oxygen atoms in total. The summed E-state index contributed by atoms with van der Waals surface area (Å²) in [6.45, 7) is 4.92. The molecule has 0 unspecified atom stereocenters. The van der Waals surface area contributed by atoms with Gasteiger partial charge >= 0.3 is 0 Å². The Morgan fingerprint density at radius 3 is 2.55 bits per heavy atom. The molecule has 7 heteroatoms. The predicted octanol–water partition coefficient (Wildman–Crippen LogP) is 3.51. The number of hydrogen-bond donors (Lipinski definition) is 2. The third kappa shape index (κ3) is 6.31. The van der Waals surface area contributed by atoms with E-state index < -0.39 is 10.0 Å². The summed E-state index contributed by atoms with van der Waals surface area (Å²) < 4.78 is 26.3. The average Bonchev–Trinajstić information content (AvgIpc) is 2.34. The first kappa shape index (κ1) is 17.6. The zero-order chi connectivity index (χ0) is 15.2. The summed E-state index contributed by atoms with van der Waals surface area (Å²) in [5.74, 6) is 0.0651. The summed E-state index contributed by atoms with van der Waals surface area (Å²) in [6, 6.07) is 5.26. The van der Waals surface area contributed by atoms with Crippen molar-refractivity contribution in [3.05, 3.63) is 28.2 Å². The molecule has 0 aromatic heterocycles. The minimum Gasteiger partial charge on any atom is -0.315 e. The van der Waals surface area contributed by atoms with Crippen molar-refractivity contribution >= 4 is 38.9 Å². The summed E-state index contributed by atoms with van der Waals surface area (Å²) in [6.07, 6.45) is 1.40. The van der Waals surface area contributed by atoms with Crippen LogP contribution in [0.5, 0.6) is 0 Å². The van der Waals surface area contributed by atoms with Crippen LogP contribution in [0.4, 0.5) is 5.69 Å². The Hall–Kier alpha value is -0.490. The number of hydrogen-bond acceptors (Lipinski definition) is 3. The van der Waals surface area contributed by atoms with E-state index in [1.165, 1.54) is 0 Å². The van der Waals surface area contributed by atoms with E-state index in [0.29, 0.717) is 23.2 Å². The molecule has 0 saturated carbocycles. The van der Waals surface area contributed by atoms with Gasteiger partial charge in [-0.05, 0) is 31.5 Å². The summed E-state index contributed by atoms with van der Waals surface area (Å²) >= 11 is 11.8. The van der Waals surface area contributed by atoms with Gasteiger partial charge in [0.15, 0.2) is 0 Å². The molecule has 114 valence electrons. The molecule has 0 heterocycles. The molecule has 0 aliphatic carbocycles. The normalized spacial score (nSPS) is 11.8. The van der Waals surface area contributed by atoms with Crippen molar-refractivity contribution in [2.75, 3.05) is 17.0 Å². The van der Waals surface area contributed by atoms with Crippen LogP contribution in [-0.2, 0) is 10.0 Å². The molecule has 0 bridgehead atoms. The van der Waals surface area contributed by atoms with Crippen LogP contribution >= 0.6 is 23.2 Å². The van der Waals surface area contributed by atoms with Gasteiger partial charge in [-0.15, -0.1) is 0 Å². The van der Waals surface area contributed by atoms with Crippen LogP contribution in [-0.4, -0.2) is 26.8 Å². The molecule has 0 radical (unpaired) electrons. The van der Waals surface area contributed by atoms with Crippen molar-refractivity contribution in [2.45, 2.75) is 32.7 Å². The third-order valence-electron chi connectivity index (χ3n) is 2.61. The largest absolute Gasteiger partial charge is 0.315 e. The smallest absolute Gasteiger partial charge is 0.232 e. The molecular weight excluding hydrogens is 319 g/mol. The van der Waals surface area contributed by atoms with E-state index in [1.54, 1.807) is 18.2 Å². The maximum absolute atomic E-state index is 11.9. The highest BCUT2D eigenvalue weighted by Crippen LogP contribution is 2.30. The Labute approximate surface area is 130 Å². The standard InChI is InChI=1S/C13H20Cl2N2O2S/c1-10(2)16-8-3-4-9-20(18,19)17-12-7-5-6-11(14)13(12)15/h5-7,10,16-17H,3-4,8-9H2,1-2H3. The van der Waals surface area contributed by atoms with Gasteiger partial charge < -0.3 is 5.32 Å². The van der Waals surface area contributed by atoms with Crippen molar-refractivity contribution in [1.82, 2.24) is 5.32 Å². The van der Waals surface area contributed by atoms with Gasteiger partial charge in [0.25, 0.3) is 0 Å². The molecule has 0 aliphatic rings. The van der Waals surface area contributed by atoms with Gasteiger partial charge in [-0.1, -0.05) is 43.1 Å². The molecule has 1 rings (SSSR count). The highest BCUT2D eigenvalue weighted by atomic mass is 35.5. The van der Waals surface area contributed by atoms with Gasteiger partial charge in [-0.25, -0.2) is 8.42 Å². The quantitative estimate of drug-likeness (QED) is 0.713. The fourth-order valence-corrected chi connectivity index (χ4v) is 3.20. The summed E-state index contributed by atoms with van der Waals surface area (Å²) in [7, 11) is -3.40. The Morgan fingerprint density at radius 2 is 1.90 bits per heavy atom. The second-order valence-electron chi connectivity index (χ2n) is 4.84. The lowest BCUT2D eigenvalue weighted by atomic mass is 10.3. The average molecular weight is 339 g/mol. The number of sulfonamides is 1. The van der Waals surface area contributed by atoms with Crippen LogP contribution in [0.25, 0.3) is 0 Å². The molecule has 0 amide bonds. The Morgan fingerprint density at radius 1 is 1.20 bits per heavy atom. The zero-order valence-corrected chi connectivity index (χ0v) is 13.9. The van der Waals surface area contributed by atoms with Gasteiger partial charge in [-0.3, -0.25) is 4.72 Å². The first-order chi connectivity index (χ1) is 9.32. The van der Waals surface area contributed by atoms with E-state index in [1.807, 2.05) is 0 Å². The van der Waals surface area contributed by atoms with Crippen LogP contribution < -0.4 is 10.0 Å². The van der Waals surface area contributed by atoms with Gasteiger partial charge in [0, 0.05) is 6.04 Å². The van der Waals surface area contributed by atoms with Gasteiger partial charge in [0.05, 0.1) is 21.5 Å². The molecule has 20 heavy (non-hydrogen) atoms. The molecule has 2 N–H and O–H groups in total. The monoisotopic (exact) mass is 338 g/mol. The maximum Gasteiger partial charge on any atom is 0.232 e. The van der Waals surface area contributed by atoms with Crippen LogP contribution in [0, 0.1) is 0 Å². The van der Waals surface area contributed by atoms with E-state index in [4.69, 9.17) is 23.2 Å². The van der Waals surface area contributed by atoms with Crippen LogP contribution in [0.2, 0.25) is 10.0 Å². The lowest BCUT2D eigenvalue weighted by molar-refractivity contribution is 0.561. The second kappa shape index (κ2) is 8.08. The van der Waals surface area contributed by atoms with Crippen molar-refractivity contribution in [1.29, 1.82) is 0 Å². The topological polar surface area (TPSA) is 58.2 Å². The summed E-state index contributed by atoms with van der Waals surface area (Å²) in [5, 5.41) is 3.79. The Kier molecular flexibility index (Phi) is 7.09. The molecule has 0 spiro atoms. The highest BCUT2D eigenvalue weighted by molar-refractivity contribution is 7.92. The van der Waals surface area contributed by atoms with E-state index in [0.717, 1.165) is 13.0 Å². The number of nitrogens with one attached hydrogen (secondary N) is 2. The van der Waals surface area contributed by atoms with Crippen molar-refractivity contribution in [3.8, 4) is 0 Å². The second-order valence-corrected chi connectivity index (χ2v) is 7.47. The van der Waals surface area contributed by atoms with Crippen LogP contribution in [0.1, 0.15) is 26.7 Å². The fraction of sp³-hybridized carbons (Fsp3) is 0.538.